The molecule has 1 atom stereocenters. The van der Waals surface area contributed by atoms with Gasteiger partial charge in [-0.05, 0) is 43.7 Å². The number of aromatic nitrogens is 4. The van der Waals surface area contributed by atoms with Crippen LogP contribution in [0.5, 0.6) is 0 Å². The number of nitrogens with zero attached hydrogens (tertiary/aromatic N) is 5. The van der Waals surface area contributed by atoms with E-state index in [0.29, 0.717) is 12.3 Å². The summed E-state index contributed by atoms with van der Waals surface area (Å²) < 4.78 is 5.53. The third kappa shape index (κ3) is 5.19. The first-order chi connectivity index (χ1) is 14.2. The first kappa shape index (κ1) is 20.0. The molecule has 29 heavy (non-hydrogen) atoms. The fourth-order valence-corrected chi connectivity index (χ4v) is 4.30. The molecule has 0 spiro atoms. The minimum absolute atomic E-state index is 0.138. The number of pyridine rings is 1. The van der Waals surface area contributed by atoms with Crippen LogP contribution in [-0.4, -0.2) is 75.3 Å². The normalized spacial score (nSPS) is 21.8. The third-order valence-electron chi connectivity index (χ3n) is 5.95. The van der Waals surface area contributed by atoms with E-state index in [9.17, 15) is 4.79 Å². The van der Waals surface area contributed by atoms with Gasteiger partial charge < -0.3 is 9.64 Å². The molecule has 1 N–H and O–H groups in total. The zero-order chi connectivity index (χ0) is 20.1. The SMILES string of the molecule is Cc1nc(C2CCN(C(=O)Cc3cccnc3)CCN2CC2CCOCC2)n[nH]1. The first-order valence-corrected chi connectivity index (χ1v) is 10.6. The van der Waals surface area contributed by atoms with Crippen molar-refractivity contribution in [2.75, 3.05) is 39.4 Å². The highest BCUT2D eigenvalue weighted by molar-refractivity contribution is 5.78. The lowest BCUT2D eigenvalue weighted by atomic mass is 9.98. The molecular formula is C21H30N6O2. The highest BCUT2D eigenvalue weighted by atomic mass is 16.5. The lowest BCUT2D eigenvalue weighted by Gasteiger charge is -2.32. The molecule has 1 amide bonds. The quantitative estimate of drug-likeness (QED) is 0.826. The molecule has 2 aliphatic heterocycles. The Morgan fingerprint density at radius 1 is 1.24 bits per heavy atom. The molecular weight excluding hydrogens is 368 g/mol. The van der Waals surface area contributed by atoms with Crippen LogP contribution in [0.3, 0.4) is 0 Å². The topological polar surface area (TPSA) is 87.2 Å². The molecule has 2 aromatic heterocycles. The average molecular weight is 399 g/mol. The van der Waals surface area contributed by atoms with Crippen molar-refractivity contribution in [3.63, 3.8) is 0 Å². The third-order valence-corrected chi connectivity index (χ3v) is 5.95. The summed E-state index contributed by atoms with van der Waals surface area (Å²) in [5.74, 6) is 2.47. The summed E-state index contributed by atoms with van der Waals surface area (Å²) >= 11 is 0. The average Bonchev–Trinajstić information content (AvgIpc) is 3.06. The van der Waals surface area contributed by atoms with Gasteiger partial charge >= 0.3 is 0 Å². The number of rotatable bonds is 5. The second kappa shape index (κ2) is 9.45. The standard InChI is InChI=1S/C21H30N6O2/c1-16-23-21(25-24-16)19-4-8-26(20(28)13-18-3-2-7-22-14-18)9-10-27(19)15-17-5-11-29-12-6-17/h2-3,7,14,17,19H,4-6,8-13,15H2,1H3,(H,23,24,25). The molecule has 4 heterocycles. The number of carbonyl (C=O) groups is 1. The second-order valence-electron chi connectivity index (χ2n) is 8.05. The van der Waals surface area contributed by atoms with Gasteiger partial charge in [0.05, 0.1) is 12.5 Å². The van der Waals surface area contributed by atoms with Gasteiger partial charge in [0, 0.05) is 51.8 Å². The van der Waals surface area contributed by atoms with Gasteiger partial charge in [0.25, 0.3) is 0 Å². The first-order valence-electron chi connectivity index (χ1n) is 10.6. The van der Waals surface area contributed by atoms with Crippen molar-refractivity contribution in [1.29, 1.82) is 0 Å². The minimum Gasteiger partial charge on any atom is -0.381 e. The van der Waals surface area contributed by atoms with Gasteiger partial charge in [-0.2, -0.15) is 5.10 Å². The van der Waals surface area contributed by atoms with Crippen molar-refractivity contribution in [3.8, 4) is 0 Å². The van der Waals surface area contributed by atoms with Gasteiger partial charge in [0.2, 0.25) is 5.91 Å². The molecule has 156 valence electrons. The lowest BCUT2D eigenvalue weighted by molar-refractivity contribution is -0.130. The molecule has 4 rings (SSSR count). The van der Waals surface area contributed by atoms with Crippen molar-refractivity contribution in [2.45, 2.75) is 38.6 Å². The van der Waals surface area contributed by atoms with E-state index in [1.807, 2.05) is 24.0 Å². The Labute approximate surface area is 171 Å². The summed E-state index contributed by atoms with van der Waals surface area (Å²) in [7, 11) is 0. The van der Waals surface area contributed by atoms with Gasteiger partial charge in [-0.3, -0.25) is 19.8 Å². The van der Waals surface area contributed by atoms with Crippen LogP contribution >= 0.6 is 0 Å². The van der Waals surface area contributed by atoms with E-state index in [4.69, 9.17) is 4.74 Å². The van der Waals surface area contributed by atoms with E-state index >= 15 is 0 Å². The van der Waals surface area contributed by atoms with Gasteiger partial charge in [0.15, 0.2) is 5.82 Å². The minimum atomic E-state index is 0.138. The van der Waals surface area contributed by atoms with Gasteiger partial charge in [-0.25, -0.2) is 4.98 Å². The number of hydrogen-bond donors (Lipinski definition) is 1. The monoisotopic (exact) mass is 398 g/mol. The molecule has 0 aromatic carbocycles. The van der Waals surface area contributed by atoms with Crippen LogP contribution in [0.25, 0.3) is 0 Å². The van der Waals surface area contributed by atoms with Gasteiger partial charge in [0.1, 0.15) is 5.82 Å². The van der Waals surface area contributed by atoms with Gasteiger partial charge in [-0.15, -0.1) is 0 Å². The van der Waals surface area contributed by atoms with E-state index in [-0.39, 0.29) is 11.9 Å². The Kier molecular flexibility index (Phi) is 6.51. The van der Waals surface area contributed by atoms with Crippen molar-refractivity contribution in [1.82, 2.24) is 30.0 Å². The predicted octanol–water partition coefficient (Wildman–Crippen LogP) is 1.75. The highest BCUT2D eigenvalue weighted by Gasteiger charge is 2.31. The fourth-order valence-electron chi connectivity index (χ4n) is 4.30. The smallest absolute Gasteiger partial charge is 0.227 e. The number of hydrogen-bond acceptors (Lipinski definition) is 6. The zero-order valence-electron chi connectivity index (χ0n) is 17.1. The maximum Gasteiger partial charge on any atom is 0.227 e. The molecule has 1 unspecified atom stereocenters. The summed E-state index contributed by atoms with van der Waals surface area (Å²) in [5, 5.41) is 7.43. The molecule has 0 radical (unpaired) electrons. The van der Waals surface area contributed by atoms with Crippen molar-refractivity contribution in [2.24, 2.45) is 5.92 Å². The maximum atomic E-state index is 12.9. The fraction of sp³-hybridized carbons (Fsp3) is 0.619. The van der Waals surface area contributed by atoms with E-state index < -0.39 is 0 Å². The Morgan fingerprint density at radius 2 is 2.10 bits per heavy atom. The summed E-state index contributed by atoms with van der Waals surface area (Å²) in [6.45, 7) is 6.93. The zero-order valence-corrected chi connectivity index (χ0v) is 17.1. The molecule has 0 aliphatic carbocycles. The molecule has 2 aliphatic rings. The van der Waals surface area contributed by atoms with Crippen molar-refractivity contribution in [3.05, 3.63) is 41.7 Å². The van der Waals surface area contributed by atoms with E-state index in [2.05, 4.69) is 25.1 Å². The Bertz CT molecular complexity index is 789. The van der Waals surface area contributed by atoms with E-state index in [1.54, 1.807) is 12.4 Å². The summed E-state index contributed by atoms with van der Waals surface area (Å²) in [4.78, 5) is 26.1. The van der Waals surface area contributed by atoms with Gasteiger partial charge in [-0.1, -0.05) is 6.07 Å². The summed E-state index contributed by atoms with van der Waals surface area (Å²) in [6.07, 6.45) is 6.95. The van der Waals surface area contributed by atoms with Crippen molar-refractivity contribution >= 4 is 5.91 Å². The molecule has 0 saturated carbocycles. The summed E-state index contributed by atoms with van der Waals surface area (Å²) in [6, 6.07) is 3.97. The van der Waals surface area contributed by atoms with Crippen LogP contribution in [-0.2, 0) is 16.0 Å². The number of nitrogens with one attached hydrogen (secondary N) is 1. The van der Waals surface area contributed by atoms with E-state index in [0.717, 1.165) is 75.9 Å². The molecule has 2 fully saturated rings. The Morgan fingerprint density at radius 3 is 2.83 bits per heavy atom. The second-order valence-corrected chi connectivity index (χ2v) is 8.05. The molecule has 8 heteroatoms. The highest BCUT2D eigenvalue weighted by Crippen LogP contribution is 2.28. The molecule has 8 nitrogen and oxygen atoms in total. The molecule has 2 saturated heterocycles. The number of carbonyl (C=O) groups excluding carboxylic acids is 1. The Balaban J connectivity index is 1.45. The number of H-pyrrole nitrogens is 1. The van der Waals surface area contributed by atoms with E-state index in [1.165, 1.54) is 0 Å². The maximum absolute atomic E-state index is 12.9. The molecule has 2 aromatic rings. The van der Waals surface area contributed by atoms with Crippen LogP contribution < -0.4 is 0 Å². The number of amides is 1. The van der Waals surface area contributed by atoms with Crippen LogP contribution in [0.4, 0.5) is 0 Å². The summed E-state index contributed by atoms with van der Waals surface area (Å²) in [5.41, 5.74) is 0.960. The van der Waals surface area contributed by atoms with Crippen LogP contribution in [0.1, 0.15) is 42.5 Å². The number of aromatic amines is 1. The largest absolute Gasteiger partial charge is 0.381 e. The predicted molar refractivity (Wildman–Crippen MR) is 108 cm³/mol. The number of aryl methyl sites for hydroxylation is 1. The lowest BCUT2D eigenvalue weighted by Crippen LogP contribution is -2.39. The van der Waals surface area contributed by atoms with Crippen LogP contribution in [0, 0.1) is 12.8 Å². The molecule has 0 bridgehead atoms. The van der Waals surface area contributed by atoms with Crippen molar-refractivity contribution < 1.29 is 9.53 Å². The van der Waals surface area contributed by atoms with Crippen LogP contribution in [0.2, 0.25) is 0 Å². The van der Waals surface area contributed by atoms with Crippen LogP contribution in [0.15, 0.2) is 24.5 Å². The number of ether oxygens (including phenoxy) is 1. The Hall–Kier alpha value is -2.32.